The van der Waals surface area contributed by atoms with Gasteiger partial charge in [-0.15, -0.1) is 0 Å². The summed E-state index contributed by atoms with van der Waals surface area (Å²) in [6.07, 6.45) is 5.68. The first-order valence-electron chi connectivity index (χ1n) is 8.03. The Labute approximate surface area is 128 Å². The molecule has 1 aliphatic carbocycles. The van der Waals surface area contributed by atoms with Crippen molar-refractivity contribution in [2.45, 2.75) is 57.5 Å². The fourth-order valence-corrected chi connectivity index (χ4v) is 3.95. The van der Waals surface area contributed by atoms with Gasteiger partial charge in [-0.25, -0.2) is 4.39 Å². The molecule has 1 aromatic carbocycles. The molecule has 0 radical (unpaired) electrons. The van der Waals surface area contributed by atoms with Gasteiger partial charge in [0.1, 0.15) is 5.82 Å². The lowest BCUT2D eigenvalue weighted by Gasteiger charge is -2.49. The lowest BCUT2D eigenvalue weighted by molar-refractivity contribution is 0.0503. The maximum atomic E-state index is 13.3. The lowest BCUT2D eigenvalue weighted by atomic mass is 9.70. The molecule has 2 N–H and O–H groups in total. The van der Waals surface area contributed by atoms with Crippen molar-refractivity contribution >= 4 is 0 Å². The molecule has 1 aliphatic rings. The Hall–Kier alpha value is -0.930. The number of nitrogens with two attached hydrogens (primary N) is 1. The molecular formula is C18H29FN2. The molecular weight excluding hydrogens is 263 g/mol. The third-order valence-corrected chi connectivity index (χ3v) is 5.33. The molecule has 0 aliphatic heterocycles. The largest absolute Gasteiger partial charge is 0.326 e. The van der Waals surface area contributed by atoms with E-state index in [4.69, 9.17) is 5.73 Å². The van der Waals surface area contributed by atoms with Gasteiger partial charge in [0, 0.05) is 11.6 Å². The minimum Gasteiger partial charge on any atom is -0.326 e. The van der Waals surface area contributed by atoms with E-state index in [0.717, 1.165) is 30.7 Å². The molecule has 1 saturated carbocycles. The summed E-state index contributed by atoms with van der Waals surface area (Å²) >= 11 is 0. The van der Waals surface area contributed by atoms with Crippen LogP contribution in [0.3, 0.4) is 0 Å². The number of aryl methyl sites for hydroxylation is 1. The summed E-state index contributed by atoms with van der Waals surface area (Å²) in [5.41, 5.74) is 8.89. The third kappa shape index (κ3) is 3.46. The van der Waals surface area contributed by atoms with Gasteiger partial charge >= 0.3 is 0 Å². The van der Waals surface area contributed by atoms with Gasteiger partial charge in [-0.1, -0.05) is 25.8 Å². The van der Waals surface area contributed by atoms with Crippen LogP contribution in [-0.2, 0) is 6.42 Å². The van der Waals surface area contributed by atoms with Crippen LogP contribution in [-0.4, -0.2) is 30.6 Å². The predicted molar refractivity (Wildman–Crippen MR) is 86.9 cm³/mol. The Morgan fingerprint density at radius 1 is 1.43 bits per heavy atom. The third-order valence-electron chi connectivity index (χ3n) is 5.33. The van der Waals surface area contributed by atoms with E-state index >= 15 is 0 Å². The van der Waals surface area contributed by atoms with Crippen LogP contribution in [0.4, 0.5) is 4.39 Å². The van der Waals surface area contributed by atoms with Crippen LogP contribution in [0, 0.1) is 18.7 Å². The van der Waals surface area contributed by atoms with Crippen LogP contribution in [0.1, 0.15) is 43.7 Å². The second kappa shape index (κ2) is 6.45. The summed E-state index contributed by atoms with van der Waals surface area (Å²) in [6.45, 7) is 4.30. The zero-order valence-electron chi connectivity index (χ0n) is 13.8. The zero-order chi connectivity index (χ0) is 15.6. The van der Waals surface area contributed by atoms with Crippen LogP contribution in [0.5, 0.6) is 0 Å². The normalized spacial score (nSPS) is 27.9. The fraction of sp³-hybridized carbons (Fsp3) is 0.667. The monoisotopic (exact) mass is 292 g/mol. The summed E-state index contributed by atoms with van der Waals surface area (Å²) in [5, 5.41) is 0. The van der Waals surface area contributed by atoms with Crippen molar-refractivity contribution in [1.82, 2.24) is 4.90 Å². The predicted octanol–water partition coefficient (Wildman–Crippen LogP) is 3.51. The van der Waals surface area contributed by atoms with Gasteiger partial charge in [0.05, 0.1) is 0 Å². The number of benzene rings is 1. The summed E-state index contributed by atoms with van der Waals surface area (Å²) in [6, 6.07) is 5.12. The summed E-state index contributed by atoms with van der Waals surface area (Å²) < 4.78 is 13.3. The van der Waals surface area contributed by atoms with Crippen LogP contribution >= 0.6 is 0 Å². The zero-order valence-corrected chi connectivity index (χ0v) is 13.8. The molecule has 0 spiro atoms. The molecule has 2 nitrogen and oxygen atoms in total. The average Bonchev–Trinajstić information content (AvgIpc) is 2.41. The van der Waals surface area contributed by atoms with Crippen molar-refractivity contribution < 1.29 is 4.39 Å². The number of hydrogen-bond acceptors (Lipinski definition) is 2. The first kappa shape index (κ1) is 16.4. The van der Waals surface area contributed by atoms with Crippen LogP contribution in [0.25, 0.3) is 0 Å². The average molecular weight is 292 g/mol. The molecule has 0 aromatic heterocycles. The molecule has 2 rings (SSSR count). The minimum absolute atomic E-state index is 0.0679. The minimum atomic E-state index is -0.168. The molecule has 21 heavy (non-hydrogen) atoms. The first-order chi connectivity index (χ1) is 9.85. The van der Waals surface area contributed by atoms with Crippen LogP contribution in [0.15, 0.2) is 18.2 Å². The maximum Gasteiger partial charge on any atom is 0.123 e. The van der Waals surface area contributed by atoms with E-state index in [1.807, 2.05) is 13.0 Å². The van der Waals surface area contributed by atoms with E-state index in [1.54, 1.807) is 12.1 Å². The van der Waals surface area contributed by atoms with Gasteiger partial charge in [0.25, 0.3) is 0 Å². The second-order valence-electron chi connectivity index (χ2n) is 7.08. The topological polar surface area (TPSA) is 29.3 Å². The molecule has 0 amide bonds. The van der Waals surface area contributed by atoms with Crippen molar-refractivity contribution in [3.8, 4) is 0 Å². The highest BCUT2D eigenvalue weighted by Crippen LogP contribution is 2.38. The van der Waals surface area contributed by atoms with E-state index in [1.165, 1.54) is 18.4 Å². The maximum absolute atomic E-state index is 13.3. The molecule has 0 heterocycles. The Morgan fingerprint density at radius 2 is 2.14 bits per heavy atom. The van der Waals surface area contributed by atoms with Crippen molar-refractivity contribution in [2.75, 3.05) is 14.1 Å². The Morgan fingerprint density at radius 3 is 2.71 bits per heavy atom. The number of rotatable bonds is 4. The molecule has 0 saturated heterocycles. The summed E-state index contributed by atoms with van der Waals surface area (Å²) in [5.74, 6) is 0.556. The SMILES string of the molecule is Cc1cc(F)ccc1CC(N)C1(N(C)C)CCCC(C)C1. The number of nitrogens with zero attached hydrogens (tertiary/aromatic N) is 1. The van der Waals surface area contributed by atoms with Gasteiger partial charge in [-0.2, -0.15) is 0 Å². The summed E-state index contributed by atoms with van der Waals surface area (Å²) in [7, 11) is 4.30. The molecule has 3 atom stereocenters. The van der Waals surface area contributed by atoms with E-state index in [2.05, 4.69) is 25.9 Å². The Bertz CT molecular complexity index is 486. The quantitative estimate of drug-likeness (QED) is 0.920. The smallest absolute Gasteiger partial charge is 0.123 e. The van der Waals surface area contributed by atoms with Gasteiger partial charge in [-0.3, -0.25) is 0 Å². The lowest BCUT2D eigenvalue weighted by Crippen LogP contribution is -2.60. The van der Waals surface area contributed by atoms with E-state index in [9.17, 15) is 4.39 Å². The molecule has 118 valence electrons. The van der Waals surface area contributed by atoms with Crippen LogP contribution in [0.2, 0.25) is 0 Å². The molecule has 3 heteroatoms. The molecule has 1 aromatic rings. The number of hydrogen-bond donors (Lipinski definition) is 1. The number of likely N-dealkylation sites (N-methyl/N-ethyl adjacent to an activating group) is 1. The van der Waals surface area contributed by atoms with E-state index < -0.39 is 0 Å². The van der Waals surface area contributed by atoms with Gasteiger partial charge in [0.15, 0.2) is 0 Å². The van der Waals surface area contributed by atoms with Crippen molar-refractivity contribution in [3.63, 3.8) is 0 Å². The van der Waals surface area contributed by atoms with Crippen molar-refractivity contribution in [1.29, 1.82) is 0 Å². The van der Waals surface area contributed by atoms with Gasteiger partial charge in [0.2, 0.25) is 0 Å². The first-order valence-corrected chi connectivity index (χ1v) is 8.03. The second-order valence-corrected chi connectivity index (χ2v) is 7.08. The summed E-state index contributed by atoms with van der Waals surface area (Å²) in [4.78, 5) is 2.33. The Kier molecular flexibility index (Phi) is 5.05. The van der Waals surface area contributed by atoms with E-state index in [-0.39, 0.29) is 17.4 Å². The van der Waals surface area contributed by atoms with Gasteiger partial charge in [-0.05, 0) is 69.5 Å². The molecule has 1 fully saturated rings. The Balaban J connectivity index is 2.21. The molecule has 3 unspecified atom stereocenters. The highest BCUT2D eigenvalue weighted by atomic mass is 19.1. The standard InChI is InChI=1S/C18H29FN2/c1-13-6-5-9-18(12-13,21(3)4)17(20)11-15-7-8-16(19)10-14(15)2/h7-8,10,13,17H,5-6,9,11-12,20H2,1-4H3. The highest BCUT2D eigenvalue weighted by Gasteiger charge is 2.41. The fourth-order valence-electron chi connectivity index (χ4n) is 3.95. The highest BCUT2D eigenvalue weighted by molar-refractivity contribution is 5.28. The van der Waals surface area contributed by atoms with E-state index in [0.29, 0.717) is 0 Å². The van der Waals surface area contributed by atoms with Crippen LogP contribution < -0.4 is 5.73 Å². The van der Waals surface area contributed by atoms with Gasteiger partial charge < -0.3 is 10.6 Å². The van der Waals surface area contributed by atoms with Crippen molar-refractivity contribution in [3.05, 3.63) is 35.1 Å². The number of halogens is 1. The van der Waals surface area contributed by atoms with Crippen molar-refractivity contribution in [2.24, 2.45) is 11.7 Å². The molecule has 0 bridgehead atoms.